The SMILES string of the molecule is CN=C(NC)NC[C@H]1CN2CCCC[C@H]2CO1. The Morgan fingerprint density at radius 2 is 2.35 bits per heavy atom. The van der Waals surface area contributed by atoms with E-state index in [4.69, 9.17) is 4.74 Å². The third-order valence-corrected chi connectivity index (χ3v) is 3.67. The van der Waals surface area contributed by atoms with Gasteiger partial charge in [0.15, 0.2) is 5.96 Å². The molecule has 0 amide bonds. The van der Waals surface area contributed by atoms with Gasteiger partial charge in [-0.25, -0.2) is 0 Å². The summed E-state index contributed by atoms with van der Waals surface area (Å²) in [7, 11) is 3.65. The predicted octanol–water partition coefficient (Wildman–Crippen LogP) is 0.0345. The van der Waals surface area contributed by atoms with E-state index in [-0.39, 0.29) is 6.10 Å². The zero-order valence-electron chi connectivity index (χ0n) is 10.9. The molecule has 2 heterocycles. The number of rotatable bonds is 2. The molecule has 2 saturated heterocycles. The van der Waals surface area contributed by atoms with Crippen molar-refractivity contribution in [2.75, 3.05) is 40.3 Å². The molecule has 98 valence electrons. The maximum absolute atomic E-state index is 5.90. The fraction of sp³-hybridized carbons (Fsp3) is 0.917. The maximum Gasteiger partial charge on any atom is 0.190 e. The molecule has 2 aliphatic rings. The Bertz CT molecular complexity index is 269. The van der Waals surface area contributed by atoms with Crippen LogP contribution in [0.5, 0.6) is 0 Å². The van der Waals surface area contributed by atoms with E-state index in [1.807, 2.05) is 7.05 Å². The van der Waals surface area contributed by atoms with E-state index in [0.29, 0.717) is 6.04 Å². The number of nitrogens with one attached hydrogen (secondary N) is 2. The Morgan fingerprint density at radius 1 is 1.47 bits per heavy atom. The maximum atomic E-state index is 5.90. The molecule has 0 aromatic rings. The van der Waals surface area contributed by atoms with Crippen LogP contribution in [0.2, 0.25) is 0 Å². The van der Waals surface area contributed by atoms with Gasteiger partial charge in [-0.1, -0.05) is 6.42 Å². The van der Waals surface area contributed by atoms with Crippen molar-refractivity contribution in [3.8, 4) is 0 Å². The van der Waals surface area contributed by atoms with E-state index in [1.165, 1.54) is 25.8 Å². The van der Waals surface area contributed by atoms with Crippen LogP contribution in [0.1, 0.15) is 19.3 Å². The lowest BCUT2D eigenvalue weighted by Crippen LogP contribution is -2.54. The summed E-state index contributed by atoms with van der Waals surface area (Å²) in [4.78, 5) is 6.68. The normalized spacial score (nSPS) is 30.8. The van der Waals surface area contributed by atoms with Crippen LogP contribution in [-0.2, 0) is 4.74 Å². The van der Waals surface area contributed by atoms with Gasteiger partial charge >= 0.3 is 0 Å². The average Bonchev–Trinajstić information content (AvgIpc) is 2.40. The summed E-state index contributed by atoms with van der Waals surface area (Å²) in [6, 6.07) is 0.670. The van der Waals surface area contributed by atoms with Crippen LogP contribution in [0.3, 0.4) is 0 Å². The fourth-order valence-electron chi connectivity index (χ4n) is 2.66. The summed E-state index contributed by atoms with van der Waals surface area (Å²) in [6.45, 7) is 4.02. The Morgan fingerprint density at radius 3 is 3.12 bits per heavy atom. The van der Waals surface area contributed by atoms with E-state index >= 15 is 0 Å². The van der Waals surface area contributed by atoms with Crippen LogP contribution in [0.25, 0.3) is 0 Å². The van der Waals surface area contributed by atoms with Crippen molar-refractivity contribution in [2.45, 2.75) is 31.4 Å². The van der Waals surface area contributed by atoms with Crippen molar-refractivity contribution in [1.82, 2.24) is 15.5 Å². The second kappa shape index (κ2) is 6.21. The lowest BCUT2D eigenvalue weighted by atomic mass is 10.0. The van der Waals surface area contributed by atoms with Gasteiger partial charge < -0.3 is 15.4 Å². The molecule has 2 aliphatic heterocycles. The monoisotopic (exact) mass is 240 g/mol. The third kappa shape index (κ3) is 3.33. The molecule has 2 atom stereocenters. The standard InChI is InChI=1S/C12H24N4O/c1-13-12(14-2)15-7-11-8-16-6-4-3-5-10(16)9-17-11/h10-11H,3-9H2,1-2H3,(H2,13,14,15)/t10-,11-/m0/s1. The van der Waals surface area contributed by atoms with Crippen molar-refractivity contribution >= 4 is 5.96 Å². The van der Waals surface area contributed by atoms with E-state index in [2.05, 4.69) is 20.5 Å². The number of nitrogens with zero attached hydrogens (tertiary/aromatic N) is 2. The van der Waals surface area contributed by atoms with Crippen molar-refractivity contribution in [3.63, 3.8) is 0 Å². The quantitative estimate of drug-likeness (QED) is 0.528. The zero-order chi connectivity index (χ0) is 12.1. The number of hydrogen-bond acceptors (Lipinski definition) is 3. The number of aliphatic imine (C=N–C) groups is 1. The van der Waals surface area contributed by atoms with Crippen molar-refractivity contribution < 1.29 is 4.74 Å². The minimum atomic E-state index is 0.287. The van der Waals surface area contributed by atoms with Crippen molar-refractivity contribution in [2.24, 2.45) is 4.99 Å². The molecule has 0 aliphatic carbocycles. The van der Waals surface area contributed by atoms with Gasteiger partial charge in [-0.15, -0.1) is 0 Å². The molecule has 0 spiro atoms. The smallest absolute Gasteiger partial charge is 0.190 e. The summed E-state index contributed by atoms with van der Waals surface area (Å²) in [6.07, 6.45) is 4.29. The highest BCUT2D eigenvalue weighted by Crippen LogP contribution is 2.21. The molecule has 0 saturated carbocycles. The van der Waals surface area contributed by atoms with Gasteiger partial charge in [0.05, 0.1) is 12.7 Å². The van der Waals surface area contributed by atoms with Gasteiger partial charge in [-0.05, 0) is 19.4 Å². The molecule has 0 radical (unpaired) electrons. The van der Waals surface area contributed by atoms with Gasteiger partial charge in [0.25, 0.3) is 0 Å². The minimum Gasteiger partial charge on any atom is -0.373 e. The molecule has 17 heavy (non-hydrogen) atoms. The van der Waals surface area contributed by atoms with Gasteiger partial charge in [0.1, 0.15) is 0 Å². The second-order valence-corrected chi connectivity index (χ2v) is 4.80. The molecule has 0 aromatic heterocycles. The van der Waals surface area contributed by atoms with Crippen LogP contribution in [0.4, 0.5) is 0 Å². The van der Waals surface area contributed by atoms with Gasteiger partial charge in [-0.2, -0.15) is 0 Å². The highest BCUT2D eigenvalue weighted by Gasteiger charge is 2.30. The number of ether oxygens (including phenoxy) is 1. The van der Waals surface area contributed by atoms with Crippen molar-refractivity contribution in [1.29, 1.82) is 0 Å². The molecule has 0 unspecified atom stereocenters. The van der Waals surface area contributed by atoms with Crippen LogP contribution in [0, 0.1) is 0 Å². The van der Waals surface area contributed by atoms with E-state index in [9.17, 15) is 0 Å². The van der Waals surface area contributed by atoms with Gasteiger partial charge in [-0.3, -0.25) is 9.89 Å². The number of hydrogen-bond donors (Lipinski definition) is 2. The van der Waals surface area contributed by atoms with Crippen LogP contribution in [0.15, 0.2) is 4.99 Å². The summed E-state index contributed by atoms with van der Waals surface area (Å²) < 4.78 is 5.90. The Labute approximate surface area is 104 Å². The molecular formula is C12H24N4O. The van der Waals surface area contributed by atoms with E-state index in [1.54, 1.807) is 7.05 Å². The molecule has 2 fully saturated rings. The van der Waals surface area contributed by atoms with Gasteiger partial charge in [0.2, 0.25) is 0 Å². The lowest BCUT2D eigenvalue weighted by Gasteiger charge is -2.42. The van der Waals surface area contributed by atoms with Gasteiger partial charge in [0, 0.05) is 33.2 Å². The zero-order valence-corrected chi connectivity index (χ0v) is 10.9. The Hall–Kier alpha value is -0.810. The fourth-order valence-corrected chi connectivity index (χ4v) is 2.66. The number of morpholine rings is 1. The molecule has 0 aromatic carbocycles. The van der Waals surface area contributed by atoms with Crippen LogP contribution in [-0.4, -0.2) is 63.3 Å². The predicted molar refractivity (Wildman–Crippen MR) is 69.4 cm³/mol. The molecular weight excluding hydrogens is 216 g/mol. The minimum absolute atomic E-state index is 0.287. The summed E-state index contributed by atoms with van der Waals surface area (Å²) in [5.74, 6) is 0.828. The molecule has 0 bridgehead atoms. The molecule has 2 rings (SSSR count). The summed E-state index contributed by atoms with van der Waals surface area (Å²) in [5, 5.41) is 6.29. The first kappa shape index (κ1) is 12.6. The lowest BCUT2D eigenvalue weighted by molar-refractivity contribution is -0.0719. The summed E-state index contributed by atoms with van der Waals surface area (Å²) in [5.41, 5.74) is 0. The largest absolute Gasteiger partial charge is 0.373 e. The highest BCUT2D eigenvalue weighted by molar-refractivity contribution is 5.79. The van der Waals surface area contributed by atoms with Crippen LogP contribution < -0.4 is 10.6 Å². The van der Waals surface area contributed by atoms with Crippen molar-refractivity contribution in [3.05, 3.63) is 0 Å². The Balaban J connectivity index is 1.76. The summed E-state index contributed by atoms with van der Waals surface area (Å²) >= 11 is 0. The molecule has 5 heteroatoms. The average molecular weight is 240 g/mol. The first-order valence-electron chi connectivity index (χ1n) is 6.57. The highest BCUT2D eigenvalue weighted by atomic mass is 16.5. The molecule has 5 nitrogen and oxygen atoms in total. The first-order chi connectivity index (χ1) is 8.33. The van der Waals surface area contributed by atoms with E-state index < -0.39 is 0 Å². The van der Waals surface area contributed by atoms with E-state index in [0.717, 1.165) is 25.7 Å². The molecule has 2 N–H and O–H groups in total. The first-order valence-corrected chi connectivity index (χ1v) is 6.57. The van der Waals surface area contributed by atoms with Crippen LogP contribution >= 0.6 is 0 Å². The topological polar surface area (TPSA) is 48.9 Å². The third-order valence-electron chi connectivity index (χ3n) is 3.67. The number of fused-ring (bicyclic) bond motifs is 1. The Kier molecular flexibility index (Phi) is 4.62. The number of guanidine groups is 1. The number of piperidine rings is 1. The second-order valence-electron chi connectivity index (χ2n) is 4.80.